The van der Waals surface area contributed by atoms with E-state index in [1.54, 1.807) is 23.5 Å². The van der Waals surface area contributed by atoms with Crippen LogP contribution in [0.25, 0.3) is 11.1 Å². The summed E-state index contributed by atoms with van der Waals surface area (Å²) in [6, 6.07) is 11.9. The number of thiophene rings is 1. The minimum atomic E-state index is -4.38. The van der Waals surface area contributed by atoms with Crippen LogP contribution in [-0.2, 0) is 17.4 Å². The normalized spacial score (nSPS) is 20.2. The first-order valence-corrected chi connectivity index (χ1v) is 15.8. The zero-order chi connectivity index (χ0) is 30.2. The molecular weight excluding hydrogens is 557 g/mol. The van der Waals surface area contributed by atoms with Crippen molar-refractivity contribution in [3.05, 3.63) is 69.5 Å². The first kappa shape index (κ1) is 30.5. The predicted octanol–water partition coefficient (Wildman–Crippen LogP) is 7.63. The molecule has 226 valence electrons. The van der Waals surface area contributed by atoms with E-state index in [-0.39, 0.29) is 29.8 Å². The van der Waals surface area contributed by atoms with Crippen LogP contribution in [0.4, 0.5) is 19.0 Å². The van der Waals surface area contributed by atoms with Gasteiger partial charge in [0.15, 0.2) is 0 Å². The van der Waals surface area contributed by atoms with Gasteiger partial charge in [0.1, 0.15) is 5.82 Å². The molecule has 2 aliphatic rings. The summed E-state index contributed by atoms with van der Waals surface area (Å²) >= 11 is 1.62. The van der Waals surface area contributed by atoms with Crippen LogP contribution in [0.15, 0.2) is 47.8 Å². The van der Waals surface area contributed by atoms with Gasteiger partial charge >= 0.3 is 6.18 Å². The number of nitrogens with zero attached hydrogens (tertiary/aromatic N) is 4. The molecule has 9 heteroatoms. The summed E-state index contributed by atoms with van der Waals surface area (Å²) in [7, 11) is 2.13. The number of anilines is 1. The minimum absolute atomic E-state index is 0.0549. The van der Waals surface area contributed by atoms with Crippen molar-refractivity contribution >= 4 is 23.1 Å². The molecule has 2 aromatic heterocycles. The van der Waals surface area contributed by atoms with Gasteiger partial charge in [0.25, 0.3) is 0 Å². The van der Waals surface area contributed by atoms with E-state index in [9.17, 15) is 18.0 Å². The highest BCUT2D eigenvalue weighted by molar-refractivity contribution is 7.10. The molecule has 4 heterocycles. The molecule has 5 nitrogen and oxygen atoms in total. The van der Waals surface area contributed by atoms with Crippen molar-refractivity contribution in [3.63, 3.8) is 0 Å². The standard InChI is InChI=1S/C33H41F3N4OS/c1-21(2)29-20-39(15-16-40(29)30(41)18-25-8-7-17-42-25)32-27(28-9-6-14-38(28)5)19-26(31(37-32)22(3)4)23-10-12-24(13-11-23)33(34,35)36/h7-8,10-13,17,19,21-22,28-29H,6,9,14-16,18,20H2,1-5H3/t28-,29?/m1/s1. The molecule has 2 fully saturated rings. The van der Waals surface area contributed by atoms with Gasteiger partial charge in [-0.3, -0.25) is 9.69 Å². The highest BCUT2D eigenvalue weighted by Gasteiger charge is 2.36. The Morgan fingerprint density at radius 1 is 1.07 bits per heavy atom. The van der Waals surface area contributed by atoms with Crippen LogP contribution in [0, 0.1) is 5.92 Å². The molecule has 2 saturated heterocycles. The lowest BCUT2D eigenvalue weighted by atomic mass is 9.92. The van der Waals surface area contributed by atoms with E-state index in [0.717, 1.165) is 64.6 Å². The van der Waals surface area contributed by atoms with E-state index in [1.807, 2.05) is 17.5 Å². The Labute approximate surface area is 251 Å². The molecule has 0 aliphatic carbocycles. The van der Waals surface area contributed by atoms with Crippen LogP contribution >= 0.6 is 11.3 Å². The van der Waals surface area contributed by atoms with Gasteiger partial charge in [-0.15, -0.1) is 11.3 Å². The molecule has 5 rings (SSSR count). The zero-order valence-corrected chi connectivity index (χ0v) is 25.9. The second-order valence-electron chi connectivity index (χ2n) is 12.3. The summed E-state index contributed by atoms with van der Waals surface area (Å²) in [4.78, 5) is 26.6. The van der Waals surface area contributed by atoms with Crippen molar-refractivity contribution in [2.45, 2.75) is 71.1 Å². The Hall–Kier alpha value is -2.91. The molecular formula is C33H41F3N4OS. The van der Waals surface area contributed by atoms with E-state index in [4.69, 9.17) is 4.98 Å². The molecule has 1 aromatic carbocycles. The lowest BCUT2D eigenvalue weighted by Gasteiger charge is -2.45. The number of benzene rings is 1. The second-order valence-corrected chi connectivity index (χ2v) is 13.3. The molecule has 2 aliphatic heterocycles. The average molecular weight is 599 g/mol. The van der Waals surface area contributed by atoms with Crippen LogP contribution in [0.2, 0.25) is 0 Å². The quantitative estimate of drug-likeness (QED) is 0.280. The van der Waals surface area contributed by atoms with Crippen LogP contribution in [-0.4, -0.2) is 60.0 Å². The van der Waals surface area contributed by atoms with Crippen molar-refractivity contribution in [1.29, 1.82) is 0 Å². The van der Waals surface area contributed by atoms with Gasteiger partial charge in [-0.05, 0) is 73.5 Å². The third-order valence-electron chi connectivity index (χ3n) is 8.72. The number of halogens is 3. The fourth-order valence-electron chi connectivity index (χ4n) is 6.39. The molecule has 3 aromatic rings. The third kappa shape index (κ3) is 6.37. The van der Waals surface area contributed by atoms with Crippen molar-refractivity contribution in [3.8, 4) is 11.1 Å². The number of piperazine rings is 1. The molecule has 0 radical (unpaired) electrons. The van der Waals surface area contributed by atoms with Gasteiger partial charge in [0.05, 0.1) is 23.7 Å². The van der Waals surface area contributed by atoms with Crippen LogP contribution < -0.4 is 4.90 Å². The highest BCUT2D eigenvalue weighted by atomic mass is 32.1. The maximum Gasteiger partial charge on any atom is 0.416 e. The smallest absolute Gasteiger partial charge is 0.352 e. The maximum absolute atomic E-state index is 13.4. The molecule has 1 amide bonds. The van der Waals surface area contributed by atoms with Gasteiger partial charge < -0.3 is 9.80 Å². The first-order chi connectivity index (χ1) is 19.9. The highest BCUT2D eigenvalue weighted by Crippen LogP contribution is 2.42. The molecule has 0 spiro atoms. The largest absolute Gasteiger partial charge is 0.416 e. The Morgan fingerprint density at radius 2 is 1.81 bits per heavy atom. The van der Waals surface area contributed by atoms with E-state index < -0.39 is 11.7 Å². The molecule has 0 saturated carbocycles. The second kappa shape index (κ2) is 12.4. The Balaban J connectivity index is 1.53. The van der Waals surface area contributed by atoms with Crippen LogP contribution in [0.3, 0.4) is 0 Å². The number of carbonyl (C=O) groups excluding carboxylic acids is 1. The number of hydrogen-bond donors (Lipinski definition) is 0. The van der Waals surface area contributed by atoms with Gasteiger partial charge in [-0.1, -0.05) is 45.9 Å². The van der Waals surface area contributed by atoms with Crippen LogP contribution in [0.5, 0.6) is 0 Å². The fraction of sp³-hybridized carbons (Fsp3) is 0.515. The SMILES string of the molecule is CC(C)c1nc(N2CCN(C(=O)Cc3cccs3)C(C(C)C)C2)c([C@H]2CCCN2C)cc1-c1ccc(C(F)(F)F)cc1. The van der Waals surface area contributed by atoms with E-state index in [1.165, 1.54) is 0 Å². The summed E-state index contributed by atoms with van der Waals surface area (Å²) in [5.74, 6) is 1.46. The summed E-state index contributed by atoms with van der Waals surface area (Å²) in [6.07, 6.45) is -1.86. The van der Waals surface area contributed by atoms with Crippen molar-refractivity contribution in [1.82, 2.24) is 14.8 Å². The van der Waals surface area contributed by atoms with Gasteiger partial charge in [-0.25, -0.2) is 4.98 Å². The lowest BCUT2D eigenvalue weighted by molar-refractivity contribution is -0.137. The molecule has 1 unspecified atom stereocenters. The molecule has 42 heavy (non-hydrogen) atoms. The van der Waals surface area contributed by atoms with E-state index in [0.29, 0.717) is 26.1 Å². The van der Waals surface area contributed by atoms with Crippen molar-refractivity contribution in [2.24, 2.45) is 5.92 Å². The van der Waals surface area contributed by atoms with Gasteiger partial charge in [0, 0.05) is 41.7 Å². The van der Waals surface area contributed by atoms with Gasteiger partial charge in [-0.2, -0.15) is 13.2 Å². The topological polar surface area (TPSA) is 39.7 Å². The number of amides is 1. The summed E-state index contributed by atoms with van der Waals surface area (Å²) in [5.41, 5.74) is 2.99. The Kier molecular flexibility index (Phi) is 8.99. The average Bonchev–Trinajstić information content (AvgIpc) is 3.63. The Morgan fingerprint density at radius 3 is 2.38 bits per heavy atom. The summed E-state index contributed by atoms with van der Waals surface area (Å²) in [5, 5.41) is 2.01. The van der Waals surface area contributed by atoms with Crippen molar-refractivity contribution in [2.75, 3.05) is 38.1 Å². The number of likely N-dealkylation sites (tertiary alicyclic amines) is 1. The number of rotatable bonds is 7. The van der Waals surface area contributed by atoms with E-state index >= 15 is 0 Å². The number of alkyl halides is 3. The minimum Gasteiger partial charge on any atom is -0.352 e. The maximum atomic E-state index is 13.4. The van der Waals surface area contributed by atoms with Crippen LogP contribution in [0.1, 0.15) is 74.2 Å². The summed E-state index contributed by atoms with van der Waals surface area (Å²) in [6.45, 7) is 11.5. The monoisotopic (exact) mass is 598 g/mol. The predicted molar refractivity (Wildman–Crippen MR) is 164 cm³/mol. The number of hydrogen-bond acceptors (Lipinski definition) is 5. The fourth-order valence-corrected chi connectivity index (χ4v) is 7.09. The zero-order valence-electron chi connectivity index (χ0n) is 25.1. The van der Waals surface area contributed by atoms with Crippen molar-refractivity contribution < 1.29 is 18.0 Å². The summed E-state index contributed by atoms with van der Waals surface area (Å²) < 4.78 is 39.9. The molecule has 0 bridgehead atoms. The number of carbonyl (C=O) groups is 1. The first-order valence-electron chi connectivity index (χ1n) is 14.9. The van der Waals surface area contributed by atoms with E-state index in [2.05, 4.69) is 55.5 Å². The Bertz CT molecular complexity index is 1370. The molecule has 0 N–H and O–H groups in total. The molecule has 2 atom stereocenters. The van der Waals surface area contributed by atoms with Gasteiger partial charge in [0.2, 0.25) is 5.91 Å². The number of aromatic nitrogens is 1. The number of pyridine rings is 1. The third-order valence-corrected chi connectivity index (χ3v) is 9.60. The lowest BCUT2D eigenvalue weighted by Crippen LogP contribution is -2.58.